The molecular formula is C19H25N7O. The fourth-order valence-corrected chi connectivity index (χ4v) is 2.45. The number of hydrogen-bond donors (Lipinski definition) is 5. The quantitative estimate of drug-likeness (QED) is 0.435. The molecule has 0 saturated heterocycles. The maximum absolute atomic E-state index is 9.42. The largest absolute Gasteiger partial charge is 0.394 e. The van der Waals surface area contributed by atoms with E-state index in [2.05, 4.69) is 36.1 Å². The summed E-state index contributed by atoms with van der Waals surface area (Å²) in [4.78, 5) is 8.76. The molecule has 0 fully saturated rings. The predicted molar refractivity (Wildman–Crippen MR) is 108 cm³/mol. The van der Waals surface area contributed by atoms with Crippen molar-refractivity contribution in [1.29, 1.82) is 0 Å². The SMILES string of the molecule is Cc1[nH]nc(Nc2ccnc(Nc3cccc(NC(C)(C)CO)c3)n2)c1C. The number of benzene rings is 1. The van der Waals surface area contributed by atoms with Gasteiger partial charge in [-0.05, 0) is 52.0 Å². The number of rotatable bonds is 7. The van der Waals surface area contributed by atoms with Crippen LogP contribution in [0, 0.1) is 13.8 Å². The average Bonchev–Trinajstić information content (AvgIpc) is 2.94. The molecule has 3 aromatic rings. The van der Waals surface area contributed by atoms with Crippen LogP contribution in [0.15, 0.2) is 36.5 Å². The predicted octanol–water partition coefficient (Wildman–Crippen LogP) is 3.49. The minimum absolute atomic E-state index is 0.0353. The molecule has 8 heteroatoms. The van der Waals surface area contributed by atoms with E-state index >= 15 is 0 Å². The lowest BCUT2D eigenvalue weighted by atomic mass is 10.1. The average molecular weight is 367 g/mol. The number of aromatic nitrogens is 4. The van der Waals surface area contributed by atoms with Gasteiger partial charge in [0.1, 0.15) is 5.82 Å². The first kappa shape index (κ1) is 18.7. The van der Waals surface area contributed by atoms with Crippen molar-refractivity contribution in [2.24, 2.45) is 0 Å². The summed E-state index contributed by atoms with van der Waals surface area (Å²) < 4.78 is 0. The molecule has 0 aliphatic rings. The molecule has 0 aliphatic carbocycles. The second-order valence-corrected chi connectivity index (χ2v) is 7.09. The normalized spacial score (nSPS) is 11.3. The lowest BCUT2D eigenvalue weighted by Crippen LogP contribution is -2.34. The molecule has 0 unspecified atom stereocenters. The van der Waals surface area contributed by atoms with Gasteiger partial charge >= 0.3 is 0 Å². The van der Waals surface area contributed by atoms with Gasteiger partial charge in [-0.15, -0.1) is 0 Å². The van der Waals surface area contributed by atoms with Gasteiger partial charge in [0.05, 0.1) is 12.1 Å². The van der Waals surface area contributed by atoms with Gasteiger partial charge in [-0.2, -0.15) is 10.1 Å². The van der Waals surface area contributed by atoms with Gasteiger partial charge in [0, 0.05) is 28.8 Å². The second kappa shape index (κ2) is 7.63. The Hall–Kier alpha value is -3.13. The Morgan fingerprint density at radius 3 is 2.59 bits per heavy atom. The molecule has 2 aromatic heterocycles. The standard InChI is InChI=1S/C19H25N7O/c1-12-13(2)25-26-17(12)22-16-8-9-20-18(23-16)21-14-6-5-7-15(10-14)24-19(3,4)11-27/h5-10,24,27H,11H2,1-4H3,(H3,20,21,22,23,25,26). The number of nitrogens with one attached hydrogen (secondary N) is 4. The summed E-state index contributed by atoms with van der Waals surface area (Å²) in [6.45, 7) is 7.87. The highest BCUT2D eigenvalue weighted by Gasteiger charge is 2.15. The minimum atomic E-state index is -0.404. The maximum Gasteiger partial charge on any atom is 0.229 e. The number of aliphatic hydroxyl groups is 1. The third-order valence-electron chi connectivity index (χ3n) is 4.15. The van der Waals surface area contributed by atoms with Crippen molar-refractivity contribution >= 4 is 29.0 Å². The Labute approximate surface area is 158 Å². The molecule has 0 spiro atoms. The molecule has 2 heterocycles. The van der Waals surface area contributed by atoms with Crippen molar-refractivity contribution in [3.63, 3.8) is 0 Å². The number of aryl methyl sites for hydroxylation is 1. The Morgan fingerprint density at radius 1 is 1.11 bits per heavy atom. The Balaban J connectivity index is 1.74. The van der Waals surface area contributed by atoms with Crippen LogP contribution in [0.5, 0.6) is 0 Å². The van der Waals surface area contributed by atoms with Crippen molar-refractivity contribution < 1.29 is 5.11 Å². The zero-order valence-corrected chi connectivity index (χ0v) is 16.0. The number of aromatic amines is 1. The van der Waals surface area contributed by atoms with Gasteiger partial charge in [-0.25, -0.2) is 4.98 Å². The van der Waals surface area contributed by atoms with Gasteiger partial charge in [-0.1, -0.05) is 6.07 Å². The zero-order chi connectivity index (χ0) is 19.4. The number of hydrogen-bond acceptors (Lipinski definition) is 7. The molecule has 0 amide bonds. The first-order valence-corrected chi connectivity index (χ1v) is 8.74. The summed E-state index contributed by atoms with van der Waals surface area (Å²) in [7, 11) is 0. The summed E-state index contributed by atoms with van der Waals surface area (Å²) in [5, 5.41) is 26.3. The van der Waals surface area contributed by atoms with Crippen LogP contribution >= 0.6 is 0 Å². The van der Waals surface area contributed by atoms with Gasteiger partial charge < -0.3 is 21.1 Å². The van der Waals surface area contributed by atoms with Crippen LogP contribution < -0.4 is 16.0 Å². The minimum Gasteiger partial charge on any atom is -0.394 e. The van der Waals surface area contributed by atoms with Crippen LogP contribution in [0.4, 0.5) is 29.0 Å². The van der Waals surface area contributed by atoms with E-state index in [-0.39, 0.29) is 6.61 Å². The number of anilines is 5. The van der Waals surface area contributed by atoms with E-state index in [1.807, 2.05) is 52.0 Å². The molecule has 0 aliphatic heterocycles. The van der Waals surface area contributed by atoms with Crippen molar-refractivity contribution in [2.75, 3.05) is 22.6 Å². The summed E-state index contributed by atoms with van der Waals surface area (Å²) >= 11 is 0. The first-order valence-electron chi connectivity index (χ1n) is 8.74. The molecule has 142 valence electrons. The van der Waals surface area contributed by atoms with Crippen LogP contribution in [0.25, 0.3) is 0 Å². The van der Waals surface area contributed by atoms with Gasteiger partial charge in [-0.3, -0.25) is 5.10 Å². The highest BCUT2D eigenvalue weighted by molar-refractivity contribution is 5.63. The number of H-pyrrole nitrogens is 1. The van der Waals surface area contributed by atoms with E-state index in [4.69, 9.17) is 0 Å². The van der Waals surface area contributed by atoms with Crippen LogP contribution in [0.2, 0.25) is 0 Å². The Kier molecular flexibility index (Phi) is 5.27. The molecule has 3 rings (SSSR count). The first-order chi connectivity index (χ1) is 12.9. The number of aliphatic hydroxyl groups excluding tert-OH is 1. The fourth-order valence-electron chi connectivity index (χ4n) is 2.45. The van der Waals surface area contributed by atoms with Crippen LogP contribution in [-0.2, 0) is 0 Å². The van der Waals surface area contributed by atoms with Crippen LogP contribution in [0.1, 0.15) is 25.1 Å². The van der Waals surface area contributed by atoms with E-state index in [9.17, 15) is 5.11 Å². The molecule has 0 radical (unpaired) electrons. The van der Waals surface area contributed by atoms with E-state index < -0.39 is 5.54 Å². The van der Waals surface area contributed by atoms with E-state index in [1.54, 1.807) is 12.3 Å². The number of nitrogens with zero attached hydrogens (tertiary/aromatic N) is 3. The smallest absolute Gasteiger partial charge is 0.229 e. The van der Waals surface area contributed by atoms with E-state index in [0.29, 0.717) is 11.8 Å². The molecular weight excluding hydrogens is 342 g/mol. The van der Waals surface area contributed by atoms with Crippen molar-refractivity contribution in [2.45, 2.75) is 33.2 Å². The van der Waals surface area contributed by atoms with Gasteiger partial charge in [0.25, 0.3) is 0 Å². The van der Waals surface area contributed by atoms with E-state index in [0.717, 1.165) is 28.5 Å². The molecule has 1 aromatic carbocycles. The third kappa shape index (κ3) is 4.73. The summed E-state index contributed by atoms with van der Waals surface area (Å²) in [6.07, 6.45) is 1.68. The lowest BCUT2D eigenvalue weighted by Gasteiger charge is -2.25. The van der Waals surface area contributed by atoms with E-state index in [1.165, 1.54) is 0 Å². The monoisotopic (exact) mass is 367 g/mol. The summed E-state index contributed by atoms with van der Waals surface area (Å²) in [5.74, 6) is 1.87. The van der Waals surface area contributed by atoms with Crippen molar-refractivity contribution in [3.8, 4) is 0 Å². The molecule has 0 bridgehead atoms. The summed E-state index contributed by atoms with van der Waals surface area (Å²) in [5.41, 5.74) is 3.40. The third-order valence-corrected chi connectivity index (χ3v) is 4.15. The molecule has 0 saturated carbocycles. The maximum atomic E-state index is 9.42. The molecule has 5 N–H and O–H groups in total. The van der Waals surface area contributed by atoms with Crippen LogP contribution in [-0.4, -0.2) is 37.4 Å². The fraction of sp³-hybridized carbons (Fsp3) is 0.316. The molecule has 8 nitrogen and oxygen atoms in total. The highest BCUT2D eigenvalue weighted by Crippen LogP contribution is 2.23. The Morgan fingerprint density at radius 2 is 1.89 bits per heavy atom. The zero-order valence-electron chi connectivity index (χ0n) is 16.0. The lowest BCUT2D eigenvalue weighted by molar-refractivity contribution is 0.234. The molecule has 27 heavy (non-hydrogen) atoms. The van der Waals surface area contributed by atoms with Crippen molar-refractivity contribution in [3.05, 3.63) is 47.8 Å². The molecule has 0 atom stereocenters. The van der Waals surface area contributed by atoms with Gasteiger partial charge in [0.15, 0.2) is 5.82 Å². The topological polar surface area (TPSA) is 111 Å². The summed E-state index contributed by atoms with van der Waals surface area (Å²) in [6, 6.07) is 9.54. The highest BCUT2D eigenvalue weighted by atomic mass is 16.3. The van der Waals surface area contributed by atoms with Gasteiger partial charge in [0.2, 0.25) is 5.95 Å². The Bertz CT molecular complexity index is 920. The van der Waals surface area contributed by atoms with Crippen molar-refractivity contribution in [1.82, 2.24) is 20.2 Å². The second-order valence-electron chi connectivity index (χ2n) is 7.09. The van der Waals surface area contributed by atoms with Crippen LogP contribution in [0.3, 0.4) is 0 Å².